The number of nitrogens with one attached hydrogen (secondary N) is 2. The zero-order chi connectivity index (χ0) is 18.8. The molecule has 6 heteroatoms. The summed E-state index contributed by atoms with van der Waals surface area (Å²) in [5.41, 5.74) is 1.66. The van der Waals surface area contributed by atoms with Crippen LogP contribution in [0.15, 0.2) is 49.1 Å². The summed E-state index contributed by atoms with van der Waals surface area (Å²) in [5.74, 6) is -0.101. The first-order chi connectivity index (χ1) is 12.5. The molecule has 2 amide bonds. The van der Waals surface area contributed by atoms with Crippen molar-refractivity contribution in [2.24, 2.45) is 0 Å². The van der Waals surface area contributed by atoms with Gasteiger partial charge in [0.15, 0.2) is 24.8 Å². The highest BCUT2D eigenvalue weighted by molar-refractivity contribution is 5.88. The highest BCUT2D eigenvalue weighted by Gasteiger charge is 2.04. The molecule has 0 aliphatic carbocycles. The second kappa shape index (κ2) is 10.3. The third-order valence-corrected chi connectivity index (χ3v) is 4.01. The van der Waals surface area contributed by atoms with Crippen LogP contribution in [0.5, 0.6) is 0 Å². The molecule has 0 aliphatic rings. The number of rotatable bonds is 9. The summed E-state index contributed by atoms with van der Waals surface area (Å²) in [4.78, 5) is 22.0. The van der Waals surface area contributed by atoms with Crippen LogP contribution in [-0.2, 0) is 22.7 Å². The highest BCUT2D eigenvalue weighted by Crippen LogP contribution is 2.05. The van der Waals surface area contributed by atoms with Crippen molar-refractivity contribution in [1.82, 2.24) is 0 Å². The Balaban J connectivity index is 1.60. The molecule has 0 bridgehead atoms. The van der Waals surface area contributed by atoms with Gasteiger partial charge in [-0.3, -0.25) is 9.59 Å². The molecule has 6 nitrogen and oxygen atoms in total. The van der Waals surface area contributed by atoms with Crippen LogP contribution >= 0.6 is 0 Å². The largest absolute Gasteiger partial charge is 0.326 e. The van der Waals surface area contributed by atoms with Crippen LogP contribution in [0, 0.1) is 0 Å². The van der Waals surface area contributed by atoms with Gasteiger partial charge in [-0.1, -0.05) is 0 Å². The van der Waals surface area contributed by atoms with Crippen molar-refractivity contribution >= 4 is 23.2 Å². The lowest BCUT2D eigenvalue weighted by Gasteiger charge is -2.02. The van der Waals surface area contributed by atoms with Crippen LogP contribution in [-0.4, -0.2) is 11.8 Å². The van der Waals surface area contributed by atoms with Crippen LogP contribution in [0.3, 0.4) is 0 Å². The molecule has 0 spiro atoms. The van der Waals surface area contributed by atoms with E-state index in [1.807, 2.05) is 49.1 Å². The number of carbonyl (C=O) groups is 2. The quantitative estimate of drug-likeness (QED) is 0.535. The summed E-state index contributed by atoms with van der Waals surface area (Å²) in [6.07, 6.45) is 12.6. The highest BCUT2D eigenvalue weighted by atomic mass is 16.2. The van der Waals surface area contributed by atoms with Gasteiger partial charge in [-0.15, -0.1) is 0 Å². The maximum absolute atomic E-state index is 11.0. The van der Waals surface area contributed by atoms with Crippen molar-refractivity contribution in [2.45, 2.75) is 52.6 Å². The number of unbranched alkanes of at least 4 members (excludes halogenated alkanes) is 3. The van der Waals surface area contributed by atoms with Gasteiger partial charge in [0.25, 0.3) is 0 Å². The summed E-state index contributed by atoms with van der Waals surface area (Å²) in [6.45, 7) is 4.99. The average Bonchev–Trinajstić information content (AvgIpc) is 2.60. The Hall–Kier alpha value is -2.76. The van der Waals surface area contributed by atoms with E-state index >= 15 is 0 Å². The molecule has 2 aromatic heterocycles. The second-order valence-corrected chi connectivity index (χ2v) is 6.43. The molecule has 2 heterocycles. The third-order valence-electron chi connectivity index (χ3n) is 4.01. The number of pyridine rings is 2. The van der Waals surface area contributed by atoms with E-state index in [1.54, 1.807) is 0 Å². The first-order valence-corrected chi connectivity index (χ1v) is 9.06. The molecule has 2 N–H and O–H groups in total. The number of hydrogen-bond acceptors (Lipinski definition) is 2. The summed E-state index contributed by atoms with van der Waals surface area (Å²) in [5, 5.41) is 5.54. The lowest BCUT2D eigenvalue weighted by molar-refractivity contribution is -0.698. The average molecular weight is 356 g/mol. The van der Waals surface area contributed by atoms with Gasteiger partial charge in [0, 0.05) is 51.0 Å². The van der Waals surface area contributed by atoms with Gasteiger partial charge < -0.3 is 10.6 Å². The van der Waals surface area contributed by atoms with Gasteiger partial charge in [0.2, 0.25) is 11.8 Å². The fraction of sp³-hybridized carbons (Fsp3) is 0.400. The molecule has 0 saturated carbocycles. The summed E-state index contributed by atoms with van der Waals surface area (Å²) < 4.78 is 4.28. The van der Waals surface area contributed by atoms with E-state index in [1.165, 1.54) is 26.7 Å². The number of aryl methyl sites for hydroxylation is 2. The predicted molar refractivity (Wildman–Crippen MR) is 100 cm³/mol. The lowest BCUT2D eigenvalue weighted by atomic mass is 10.2. The van der Waals surface area contributed by atoms with Gasteiger partial charge in [-0.05, 0) is 12.8 Å². The van der Waals surface area contributed by atoms with Crippen molar-refractivity contribution in [3.05, 3.63) is 49.1 Å². The van der Waals surface area contributed by atoms with Gasteiger partial charge in [-0.25, -0.2) is 9.13 Å². The standard InChI is InChI=1S/C20H26N4O2/c1-17(25)21-19-7-13-23(14-8-19)11-5-3-4-6-12-24-15-9-20(10-16-24)22-18(2)26/h7-10,13-16H,3-6,11-12H2,1-2H3/p+2. The van der Waals surface area contributed by atoms with Crippen molar-refractivity contribution < 1.29 is 18.7 Å². The Labute approximate surface area is 154 Å². The molecule has 26 heavy (non-hydrogen) atoms. The Morgan fingerprint density at radius 3 is 1.35 bits per heavy atom. The first kappa shape index (κ1) is 19.6. The van der Waals surface area contributed by atoms with E-state index in [9.17, 15) is 9.59 Å². The monoisotopic (exact) mass is 356 g/mol. The normalized spacial score (nSPS) is 10.4. The Morgan fingerprint density at radius 2 is 1.04 bits per heavy atom. The van der Waals surface area contributed by atoms with Crippen molar-refractivity contribution in [3.63, 3.8) is 0 Å². The van der Waals surface area contributed by atoms with E-state index in [4.69, 9.17) is 0 Å². The molecular formula is C20H28N4O2+2. The molecule has 138 valence electrons. The Bertz CT molecular complexity index is 648. The Morgan fingerprint density at radius 1 is 0.692 bits per heavy atom. The summed E-state index contributed by atoms with van der Waals surface area (Å²) in [7, 11) is 0. The minimum absolute atomic E-state index is 0.0506. The molecule has 0 atom stereocenters. The van der Waals surface area contributed by atoms with Gasteiger partial charge >= 0.3 is 0 Å². The predicted octanol–water partition coefficient (Wildman–Crippen LogP) is 2.44. The number of amides is 2. The van der Waals surface area contributed by atoms with Crippen LogP contribution in [0.2, 0.25) is 0 Å². The molecule has 0 aliphatic heterocycles. The molecule has 2 aromatic rings. The van der Waals surface area contributed by atoms with E-state index < -0.39 is 0 Å². The minimum Gasteiger partial charge on any atom is -0.326 e. The fourth-order valence-electron chi connectivity index (χ4n) is 2.73. The molecule has 0 saturated heterocycles. The van der Waals surface area contributed by atoms with Gasteiger partial charge in [0.05, 0.1) is 11.4 Å². The lowest BCUT2D eigenvalue weighted by Crippen LogP contribution is -2.33. The smallest absolute Gasteiger partial charge is 0.221 e. The maximum atomic E-state index is 11.0. The maximum Gasteiger partial charge on any atom is 0.221 e. The van der Waals surface area contributed by atoms with Crippen molar-refractivity contribution in [2.75, 3.05) is 10.6 Å². The van der Waals surface area contributed by atoms with E-state index in [0.29, 0.717) is 0 Å². The first-order valence-electron chi connectivity index (χ1n) is 9.06. The third kappa shape index (κ3) is 7.42. The van der Waals surface area contributed by atoms with E-state index in [0.717, 1.165) is 37.3 Å². The minimum atomic E-state index is -0.0506. The SMILES string of the molecule is CC(=O)Nc1cc[n+](CCCCCC[n+]2ccc(NC(C)=O)cc2)cc1. The van der Waals surface area contributed by atoms with E-state index in [2.05, 4.69) is 19.8 Å². The number of hydrogen-bond donors (Lipinski definition) is 2. The van der Waals surface area contributed by atoms with Crippen LogP contribution < -0.4 is 19.8 Å². The van der Waals surface area contributed by atoms with E-state index in [-0.39, 0.29) is 11.8 Å². The van der Waals surface area contributed by atoms with Gasteiger partial charge in [0.1, 0.15) is 13.1 Å². The van der Waals surface area contributed by atoms with Crippen molar-refractivity contribution in [1.29, 1.82) is 0 Å². The van der Waals surface area contributed by atoms with Crippen LogP contribution in [0.25, 0.3) is 0 Å². The van der Waals surface area contributed by atoms with Crippen molar-refractivity contribution in [3.8, 4) is 0 Å². The summed E-state index contributed by atoms with van der Waals surface area (Å²) >= 11 is 0. The van der Waals surface area contributed by atoms with Crippen LogP contribution in [0.1, 0.15) is 39.5 Å². The number of carbonyl (C=O) groups excluding carboxylic acids is 2. The fourth-order valence-corrected chi connectivity index (χ4v) is 2.73. The molecule has 0 aromatic carbocycles. The second-order valence-electron chi connectivity index (χ2n) is 6.43. The molecule has 0 unspecified atom stereocenters. The number of aromatic nitrogens is 2. The Kier molecular flexibility index (Phi) is 7.74. The molecule has 0 fully saturated rings. The number of nitrogens with zero attached hydrogens (tertiary/aromatic N) is 2. The summed E-state index contributed by atoms with van der Waals surface area (Å²) in [6, 6.07) is 7.68. The molecule has 2 rings (SSSR count). The number of anilines is 2. The van der Waals surface area contributed by atoms with Crippen LogP contribution in [0.4, 0.5) is 11.4 Å². The zero-order valence-electron chi connectivity index (χ0n) is 15.6. The zero-order valence-corrected chi connectivity index (χ0v) is 15.6. The molecular weight excluding hydrogens is 328 g/mol. The molecule has 0 radical (unpaired) electrons. The van der Waals surface area contributed by atoms with Gasteiger partial charge in [-0.2, -0.15) is 0 Å². The topological polar surface area (TPSA) is 66.0 Å².